The van der Waals surface area contributed by atoms with Crippen LogP contribution in [-0.2, 0) is 0 Å². The number of carbonyl (C=O) groups excluding carboxylic acids is 1. The minimum absolute atomic E-state index is 0.0261. The van der Waals surface area contributed by atoms with E-state index in [-0.39, 0.29) is 11.4 Å². The molecule has 4 nitrogen and oxygen atoms in total. The molecule has 17 heavy (non-hydrogen) atoms. The van der Waals surface area contributed by atoms with Crippen LogP contribution in [-0.4, -0.2) is 15.9 Å². The highest BCUT2D eigenvalue weighted by atomic mass is 19.1. The number of hydrogen-bond donors (Lipinski definition) is 1. The Morgan fingerprint density at radius 3 is 2.41 bits per heavy atom. The largest absolute Gasteiger partial charge is 0.320 e. The van der Waals surface area contributed by atoms with Crippen molar-refractivity contribution in [2.24, 2.45) is 0 Å². The van der Waals surface area contributed by atoms with Crippen LogP contribution in [0.4, 0.5) is 14.5 Å². The topological polar surface area (TPSA) is 54.9 Å². The molecule has 6 heteroatoms. The molecule has 1 amide bonds. The van der Waals surface area contributed by atoms with Crippen molar-refractivity contribution in [3.8, 4) is 0 Å². The number of nitrogens with one attached hydrogen (secondary N) is 1. The van der Waals surface area contributed by atoms with E-state index in [1.807, 2.05) is 0 Å². The first-order chi connectivity index (χ1) is 8.15. The van der Waals surface area contributed by atoms with E-state index in [4.69, 9.17) is 0 Å². The maximum Gasteiger partial charge on any atom is 0.275 e. The van der Waals surface area contributed by atoms with Gasteiger partial charge in [0, 0.05) is 24.1 Å². The van der Waals surface area contributed by atoms with Gasteiger partial charge in [-0.05, 0) is 12.1 Å². The number of carbonyl (C=O) groups is 1. The van der Waals surface area contributed by atoms with Crippen LogP contribution in [0.3, 0.4) is 0 Å². The molecular weight excluding hydrogens is 228 g/mol. The van der Waals surface area contributed by atoms with Crippen LogP contribution in [0, 0.1) is 11.6 Å². The van der Waals surface area contributed by atoms with E-state index in [0.717, 1.165) is 18.2 Å². The van der Waals surface area contributed by atoms with E-state index in [0.29, 0.717) is 0 Å². The highest BCUT2D eigenvalue weighted by Crippen LogP contribution is 2.13. The van der Waals surface area contributed by atoms with E-state index in [1.54, 1.807) is 0 Å². The Morgan fingerprint density at radius 2 is 1.82 bits per heavy atom. The summed E-state index contributed by atoms with van der Waals surface area (Å²) in [5.41, 5.74) is 0.0929. The highest BCUT2D eigenvalue weighted by Gasteiger charge is 2.08. The molecule has 2 rings (SSSR count). The molecule has 0 aliphatic rings. The quantitative estimate of drug-likeness (QED) is 0.866. The second-order valence-corrected chi connectivity index (χ2v) is 3.20. The lowest BCUT2D eigenvalue weighted by atomic mass is 10.3. The maximum atomic E-state index is 12.9. The number of halogens is 2. The van der Waals surface area contributed by atoms with Crippen molar-refractivity contribution in [3.63, 3.8) is 0 Å². The monoisotopic (exact) mass is 235 g/mol. The van der Waals surface area contributed by atoms with Crippen molar-refractivity contribution in [1.82, 2.24) is 9.97 Å². The average molecular weight is 235 g/mol. The van der Waals surface area contributed by atoms with Crippen LogP contribution < -0.4 is 5.32 Å². The first-order valence-electron chi connectivity index (χ1n) is 4.68. The molecule has 1 aromatic carbocycles. The molecule has 1 N–H and O–H groups in total. The summed E-state index contributed by atoms with van der Waals surface area (Å²) < 4.78 is 25.7. The first kappa shape index (κ1) is 11.1. The number of hydrogen-bond acceptors (Lipinski definition) is 3. The Balaban J connectivity index is 2.19. The molecule has 0 fully saturated rings. The molecule has 0 aliphatic carbocycles. The van der Waals surface area contributed by atoms with Gasteiger partial charge in [-0.2, -0.15) is 0 Å². The zero-order valence-corrected chi connectivity index (χ0v) is 8.52. The Morgan fingerprint density at radius 1 is 1.12 bits per heavy atom. The van der Waals surface area contributed by atoms with Gasteiger partial charge >= 0.3 is 0 Å². The summed E-state index contributed by atoms with van der Waals surface area (Å²) in [5.74, 6) is -2.11. The number of benzene rings is 1. The molecule has 0 spiro atoms. The van der Waals surface area contributed by atoms with Gasteiger partial charge in [-0.3, -0.25) is 9.78 Å². The van der Waals surface area contributed by atoms with Crippen LogP contribution in [0.1, 0.15) is 10.5 Å². The minimum Gasteiger partial charge on any atom is -0.320 e. The number of anilines is 1. The van der Waals surface area contributed by atoms with Crippen LogP contribution in [0.2, 0.25) is 0 Å². The predicted molar refractivity (Wildman–Crippen MR) is 56.3 cm³/mol. The summed E-state index contributed by atoms with van der Waals surface area (Å²) in [6.07, 6.45) is 4.02. The standard InChI is InChI=1S/C11H7F2N3O/c12-7-3-8(13)5-9(4-7)16-11(17)10-6-14-1-2-15-10/h1-6H,(H,16,17). The third kappa shape index (κ3) is 2.81. The minimum atomic E-state index is -0.764. The van der Waals surface area contributed by atoms with Gasteiger partial charge in [0.05, 0.1) is 6.20 Å². The van der Waals surface area contributed by atoms with Crippen LogP contribution in [0.25, 0.3) is 0 Å². The van der Waals surface area contributed by atoms with E-state index in [9.17, 15) is 13.6 Å². The van der Waals surface area contributed by atoms with Gasteiger partial charge in [0.1, 0.15) is 17.3 Å². The van der Waals surface area contributed by atoms with Crippen molar-refractivity contribution in [2.75, 3.05) is 5.32 Å². The molecule has 0 saturated heterocycles. The Kier molecular flexibility index (Phi) is 3.04. The van der Waals surface area contributed by atoms with Crippen molar-refractivity contribution in [2.45, 2.75) is 0 Å². The SMILES string of the molecule is O=C(Nc1cc(F)cc(F)c1)c1cnccn1. The number of nitrogens with zero attached hydrogens (tertiary/aromatic N) is 2. The zero-order chi connectivity index (χ0) is 12.3. The molecule has 1 aromatic heterocycles. The number of amides is 1. The summed E-state index contributed by atoms with van der Waals surface area (Å²) in [4.78, 5) is 19.0. The van der Waals surface area contributed by atoms with E-state index < -0.39 is 17.5 Å². The van der Waals surface area contributed by atoms with Gasteiger partial charge in [-0.15, -0.1) is 0 Å². The van der Waals surface area contributed by atoms with Gasteiger partial charge < -0.3 is 5.32 Å². The second-order valence-electron chi connectivity index (χ2n) is 3.20. The molecule has 0 aliphatic heterocycles. The van der Waals surface area contributed by atoms with Crippen molar-refractivity contribution in [3.05, 3.63) is 54.1 Å². The van der Waals surface area contributed by atoms with E-state index >= 15 is 0 Å². The number of aromatic nitrogens is 2. The predicted octanol–water partition coefficient (Wildman–Crippen LogP) is 2.01. The van der Waals surface area contributed by atoms with E-state index in [2.05, 4.69) is 15.3 Å². The molecular formula is C11H7F2N3O. The van der Waals surface area contributed by atoms with Crippen LogP contribution in [0.5, 0.6) is 0 Å². The Bertz CT molecular complexity index is 525. The lowest BCUT2D eigenvalue weighted by Gasteiger charge is -2.04. The smallest absolute Gasteiger partial charge is 0.275 e. The van der Waals surface area contributed by atoms with Gasteiger partial charge in [-0.1, -0.05) is 0 Å². The molecule has 0 atom stereocenters. The zero-order valence-electron chi connectivity index (χ0n) is 8.52. The summed E-state index contributed by atoms with van der Waals surface area (Å²) >= 11 is 0. The van der Waals surface area contributed by atoms with Gasteiger partial charge in [-0.25, -0.2) is 13.8 Å². The summed E-state index contributed by atoms with van der Waals surface area (Å²) in [6, 6.07) is 2.74. The molecule has 0 unspecified atom stereocenters. The summed E-state index contributed by atoms with van der Waals surface area (Å²) in [5, 5.41) is 2.32. The maximum absolute atomic E-state index is 12.9. The number of rotatable bonds is 2. The second kappa shape index (κ2) is 4.65. The van der Waals surface area contributed by atoms with Crippen molar-refractivity contribution >= 4 is 11.6 Å². The normalized spacial score (nSPS) is 10.0. The molecule has 1 heterocycles. The van der Waals surface area contributed by atoms with Crippen molar-refractivity contribution in [1.29, 1.82) is 0 Å². The fraction of sp³-hybridized carbons (Fsp3) is 0. The fourth-order valence-corrected chi connectivity index (χ4v) is 1.24. The highest BCUT2D eigenvalue weighted by molar-refractivity contribution is 6.02. The summed E-state index contributed by atoms with van der Waals surface area (Å²) in [7, 11) is 0. The van der Waals surface area contributed by atoms with Gasteiger partial charge in [0.25, 0.3) is 5.91 Å². The lowest BCUT2D eigenvalue weighted by Crippen LogP contribution is -2.14. The Labute approximate surface area is 95.3 Å². The van der Waals surface area contributed by atoms with Gasteiger partial charge in [0.2, 0.25) is 0 Å². The third-order valence-electron chi connectivity index (χ3n) is 1.92. The molecule has 0 saturated carbocycles. The van der Waals surface area contributed by atoms with Gasteiger partial charge in [0.15, 0.2) is 0 Å². The van der Waals surface area contributed by atoms with E-state index in [1.165, 1.54) is 18.6 Å². The molecule has 0 radical (unpaired) electrons. The van der Waals surface area contributed by atoms with Crippen LogP contribution >= 0.6 is 0 Å². The van der Waals surface area contributed by atoms with Crippen LogP contribution in [0.15, 0.2) is 36.8 Å². The fourth-order valence-electron chi connectivity index (χ4n) is 1.24. The molecule has 86 valence electrons. The first-order valence-corrected chi connectivity index (χ1v) is 4.68. The third-order valence-corrected chi connectivity index (χ3v) is 1.92. The lowest BCUT2D eigenvalue weighted by molar-refractivity contribution is 0.102. The Hall–Kier alpha value is -2.37. The van der Waals surface area contributed by atoms with Crippen molar-refractivity contribution < 1.29 is 13.6 Å². The molecule has 0 bridgehead atoms. The summed E-state index contributed by atoms with van der Waals surface area (Å²) in [6.45, 7) is 0. The average Bonchev–Trinajstić information content (AvgIpc) is 2.28. The molecule has 2 aromatic rings.